The number of hydrogen-bond donors (Lipinski definition) is 1. The van der Waals surface area contributed by atoms with Gasteiger partial charge in [0.2, 0.25) is 0 Å². The summed E-state index contributed by atoms with van der Waals surface area (Å²) in [5.41, 5.74) is 1.78. The fourth-order valence-electron chi connectivity index (χ4n) is 3.98. The molecule has 1 fully saturated rings. The second-order valence-corrected chi connectivity index (χ2v) is 7.74. The lowest BCUT2D eigenvalue weighted by atomic mass is 9.69. The zero-order valence-corrected chi connectivity index (χ0v) is 14.5. The highest BCUT2D eigenvalue weighted by molar-refractivity contribution is 7.10. The van der Waals surface area contributed by atoms with E-state index in [-0.39, 0.29) is 5.54 Å². The second kappa shape index (κ2) is 6.59. The number of likely N-dealkylation sites (N-methyl/N-ethyl adjacent to an activating group) is 2. The molecule has 0 radical (unpaired) electrons. The van der Waals surface area contributed by atoms with Crippen LogP contribution in [0.5, 0.6) is 0 Å². The van der Waals surface area contributed by atoms with E-state index in [1.807, 2.05) is 11.3 Å². The monoisotopic (exact) mass is 294 g/mol. The predicted molar refractivity (Wildman–Crippen MR) is 89.5 cm³/mol. The van der Waals surface area contributed by atoms with Gasteiger partial charge in [0.15, 0.2) is 0 Å². The van der Waals surface area contributed by atoms with E-state index in [4.69, 9.17) is 0 Å². The van der Waals surface area contributed by atoms with Gasteiger partial charge in [-0.05, 0) is 63.3 Å². The van der Waals surface area contributed by atoms with E-state index in [9.17, 15) is 0 Å². The Morgan fingerprint density at radius 2 is 2.25 bits per heavy atom. The number of hydrogen-bond acceptors (Lipinski definition) is 3. The predicted octanol–water partition coefficient (Wildman–Crippen LogP) is 4.22. The summed E-state index contributed by atoms with van der Waals surface area (Å²) >= 11 is 1.88. The molecule has 0 bridgehead atoms. The topological polar surface area (TPSA) is 15.3 Å². The molecule has 0 amide bonds. The normalized spacial score (nSPS) is 28.8. The highest BCUT2D eigenvalue weighted by Gasteiger charge is 2.44. The van der Waals surface area contributed by atoms with Crippen molar-refractivity contribution in [2.45, 2.75) is 58.0 Å². The molecule has 1 aliphatic carbocycles. The number of aryl methyl sites for hydroxylation is 1. The summed E-state index contributed by atoms with van der Waals surface area (Å²) in [6.45, 7) is 7.94. The number of rotatable bonds is 5. The van der Waals surface area contributed by atoms with E-state index in [1.165, 1.54) is 36.1 Å². The van der Waals surface area contributed by atoms with Crippen LogP contribution in [0.2, 0.25) is 0 Å². The number of thiophene rings is 1. The van der Waals surface area contributed by atoms with Gasteiger partial charge in [-0.2, -0.15) is 0 Å². The van der Waals surface area contributed by atoms with E-state index in [2.05, 4.69) is 56.5 Å². The minimum Gasteiger partial charge on any atom is -0.309 e. The zero-order chi connectivity index (χ0) is 14.8. The Balaban J connectivity index is 2.40. The van der Waals surface area contributed by atoms with Crippen molar-refractivity contribution in [3.8, 4) is 0 Å². The molecule has 1 aromatic heterocycles. The molecular formula is C17H30N2S. The first-order chi connectivity index (χ1) is 9.51. The van der Waals surface area contributed by atoms with Crippen LogP contribution in [0.3, 0.4) is 0 Å². The summed E-state index contributed by atoms with van der Waals surface area (Å²) in [4.78, 5) is 3.96. The van der Waals surface area contributed by atoms with Crippen molar-refractivity contribution in [1.29, 1.82) is 0 Å². The lowest BCUT2D eigenvalue weighted by molar-refractivity contribution is 0.0372. The largest absolute Gasteiger partial charge is 0.309 e. The lowest BCUT2D eigenvalue weighted by Crippen LogP contribution is -2.56. The number of nitrogens with one attached hydrogen (secondary N) is 1. The zero-order valence-electron chi connectivity index (χ0n) is 13.7. The Bertz CT molecular complexity index is 426. The van der Waals surface area contributed by atoms with Gasteiger partial charge in [0, 0.05) is 10.4 Å². The van der Waals surface area contributed by atoms with Crippen LogP contribution in [-0.2, 0) is 0 Å². The average Bonchev–Trinajstić information content (AvgIpc) is 2.81. The average molecular weight is 295 g/mol. The van der Waals surface area contributed by atoms with Crippen LogP contribution < -0.4 is 5.32 Å². The third-order valence-electron chi connectivity index (χ3n) is 5.05. The van der Waals surface area contributed by atoms with E-state index in [0.29, 0.717) is 6.04 Å². The summed E-state index contributed by atoms with van der Waals surface area (Å²) in [5.74, 6) is 0.825. The van der Waals surface area contributed by atoms with Crippen molar-refractivity contribution in [2.24, 2.45) is 5.92 Å². The smallest absolute Gasteiger partial charge is 0.0517 e. The quantitative estimate of drug-likeness (QED) is 0.875. The molecule has 1 heterocycles. The Labute approximate surface area is 128 Å². The number of nitrogens with zero attached hydrogens (tertiary/aromatic N) is 1. The fourth-order valence-corrected chi connectivity index (χ4v) is 4.72. The van der Waals surface area contributed by atoms with Crippen molar-refractivity contribution in [3.63, 3.8) is 0 Å². The first kappa shape index (κ1) is 16.0. The molecule has 20 heavy (non-hydrogen) atoms. The standard InChI is InChI=1S/C17H30N2S/c1-6-18-16(15-9-11-20-14(15)3)17(19(4)5)10-7-8-13(2)12-17/h9,11,13,16,18H,6-8,10,12H2,1-5H3. The van der Waals surface area contributed by atoms with Gasteiger partial charge >= 0.3 is 0 Å². The van der Waals surface area contributed by atoms with E-state index >= 15 is 0 Å². The Morgan fingerprint density at radius 1 is 1.50 bits per heavy atom. The maximum atomic E-state index is 3.80. The summed E-state index contributed by atoms with van der Waals surface area (Å²) in [5, 5.41) is 6.04. The van der Waals surface area contributed by atoms with Gasteiger partial charge in [0.1, 0.15) is 0 Å². The second-order valence-electron chi connectivity index (χ2n) is 6.62. The fraction of sp³-hybridized carbons (Fsp3) is 0.765. The summed E-state index contributed by atoms with van der Waals surface area (Å²) in [6.07, 6.45) is 5.34. The Kier molecular flexibility index (Phi) is 5.27. The van der Waals surface area contributed by atoms with Gasteiger partial charge in [-0.3, -0.25) is 0 Å². The van der Waals surface area contributed by atoms with Crippen molar-refractivity contribution >= 4 is 11.3 Å². The van der Waals surface area contributed by atoms with E-state index in [0.717, 1.165) is 12.5 Å². The molecule has 2 nitrogen and oxygen atoms in total. The van der Waals surface area contributed by atoms with Gasteiger partial charge in [-0.15, -0.1) is 11.3 Å². The molecule has 3 heteroatoms. The van der Waals surface area contributed by atoms with Crippen LogP contribution in [0, 0.1) is 12.8 Å². The molecule has 0 aromatic carbocycles. The van der Waals surface area contributed by atoms with Gasteiger partial charge < -0.3 is 10.2 Å². The molecule has 3 atom stereocenters. The van der Waals surface area contributed by atoms with Crippen LogP contribution in [0.1, 0.15) is 56.0 Å². The molecule has 2 rings (SSSR count). The molecule has 1 saturated carbocycles. The van der Waals surface area contributed by atoms with E-state index < -0.39 is 0 Å². The van der Waals surface area contributed by atoms with Crippen molar-refractivity contribution in [1.82, 2.24) is 10.2 Å². The third kappa shape index (κ3) is 2.95. The molecular weight excluding hydrogens is 264 g/mol. The molecule has 1 aliphatic rings. The summed E-state index contributed by atoms with van der Waals surface area (Å²) < 4.78 is 0. The van der Waals surface area contributed by atoms with Gasteiger partial charge in [-0.25, -0.2) is 0 Å². The van der Waals surface area contributed by atoms with E-state index in [1.54, 1.807) is 0 Å². The molecule has 114 valence electrons. The third-order valence-corrected chi connectivity index (χ3v) is 5.92. The van der Waals surface area contributed by atoms with Gasteiger partial charge in [-0.1, -0.05) is 26.7 Å². The maximum absolute atomic E-state index is 3.80. The maximum Gasteiger partial charge on any atom is 0.0517 e. The summed E-state index contributed by atoms with van der Waals surface area (Å²) in [7, 11) is 4.54. The van der Waals surface area contributed by atoms with Crippen molar-refractivity contribution in [3.05, 3.63) is 21.9 Å². The van der Waals surface area contributed by atoms with Gasteiger partial charge in [0.05, 0.1) is 6.04 Å². The Hall–Kier alpha value is -0.380. The SMILES string of the molecule is CCNC(c1ccsc1C)C1(N(C)C)CCCC(C)C1. The van der Waals surface area contributed by atoms with Crippen LogP contribution in [0.15, 0.2) is 11.4 Å². The summed E-state index contributed by atoms with van der Waals surface area (Å²) in [6, 6.07) is 2.79. The van der Waals surface area contributed by atoms with Crippen LogP contribution >= 0.6 is 11.3 Å². The lowest BCUT2D eigenvalue weighted by Gasteiger charge is -2.50. The molecule has 0 spiro atoms. The van der Waals surface area contributed by atoms with Crippen LogP contribution in [0.25, 0.3) is 0 Å². The molecule has 0 saturated heterocycles. The van der Waals surface area contributed by atoms with Gasteiger partial charge in [0.25, 0.3) is 0 Å². The van der Waals surface area contributed by atoms with Crippen LogP contribution in [-0.4, -0.2) is 31.1 Å². The van der Waals surface area contributed by atoms with Crippen LogP contribution in [0.4, 0.5) is 0 Å². The van der Waals surface area contributed by atoms with Crippen molar-refractivity contribution < 1.29 is 0 Å². The first-order valence-electron chi connectivity index (χ1n) is 7.96. The molecule has 3 unspecified atom stereocenters. The molecule has 0 aliphatic heterocycles. The highest BCUT2D eigenvalue weighted by atomic mass is 32.1. The minimum atomic E-state index is 0.263. The Morgan fingerprint density at radius 3 is 2.75 bits per heavy atom. The molecule has 1 N–H and O–H groups in total. The minimum absolute atomic E-state index is 0.263. The van der Waals surface area contributed by atoms with Crippen molar-refractivity contribution in [2.75, 3.05) is 20.6 Å². The highest BCUT2D eigenvalue weighted by Crippen LogP contribution is 2.45. The molecule has 1 aromatic rings. The first-order valence-corrected chi connectivity index (χ1v) is 8.84.